The fraction of sp³-hybridized carbons (Fsp3) is 0.158. The molecule has 2 aromatic rings. The van der Waals surface area contributed by atoms with Crippen molar-refractivity contribution in [3.05, 3.63) is 57.5 Å². The second-order valence-electron chi connectivity index (χ2n) is 5.84. The molecule has 1 aliphatic rings. The summed E-state index contributed by atoms with van der Waals surface area (Å²) in [7, 11) is 0. The van der Waals surface area contributed by atoms with Gasteiger partial charge in [0.1, 0.15) is 0 Å². The molecule has 0 bridgehead atoms. The van der Waals surface area contributed by atoms with Crippen LogP contribution in [0.4, 0.5) is 18.9 Å². The van der Waals surface area contributed by atoms with Crippen LogP contribution in [0.5, 0.6) is 11.5 Å². The molecule has 0 saturated carbocycles. The number of hydrogen-bond acceptors (Lipinski definition) is 5. The Labute approximate surface area is 178 Å². The molecule has 1 aliphatic heterocycles. The monoisotopic (exact) mass is 459 g/mol. The largest absolute Gasteiger partial charge is 0.504 e. The Hall–Kier alpha value is -2.23. The van der Waals surface area contributed by atoms with E-state index in [0.717, 1.165) is 28.8 Å². The molecule has 0 spiro atoms. The van der Waals surface area contributed by atoms with Crippen molar-refractivity contribution in [1.82, 2.24) is 0 Å². The Morgan fingerprint density at radius 1 is 1.28 bits per heavy atom. The smallest absolute Gasteiger partial charge is 0.417 e. The molecule has 0 radical (unpaired) electrons. The van der Waals surface area contributed by atoms with Crippen LogP contribution in [0, 0.1) is 0 Å². The molecule has 152 valence electrons. The van der Waals surface area contributed by atoms with Crippen LogP contribution >= 0.6 is 35.6 Å². The maximum absolute atomic E-state index is 13.1. The quantitative estimate of drug-likeness (QED) is 0.458. The van der Waals surface area contributed by atoms with Crippen LogP contribution in [0.3, 0.4) is 0 Å². The van der Waals surface area contributed by atoms with Gasteiger partial charge in [-0.3, -0.25) is 9.69 Å². The van der Waals surface area contributed by atoms with Gasteiger partial charge < -0.3 is 9.84 Å². The van der Waals surface area contributed by atoms with E-state index in [4.69, 9.17) is 28.6 Å². The Bertz CT molecular complexity index is 1020. The van der Waals surface area contributed by atoms with Gasteiger partial charge >= 0.3 is 6.18 Å². The lowest BCUT2D eigenvalue weighted by Crippen LogP contribution is -2.27. The lowest BCUT2D eigenvalue weighted by molar-refractivity contribution is -0.137. The van der Waals surface area contributed by atoms with Crippen molar-refractivity contribution in [1.29, 1.82) is 0 Å². The highest BCUT2D eigenvalue weighted by Crippen LogP contribution is 2.41. The number of aromatic hydroxyl groups is 1. The number of rotatable bonds is 4. The van der Waals surface area contributed by atoms with Gasteiger partial charge in [0.05, 0.1) is 27.8 Å². The molecule has 29 heavy (non-hydrogen) atoms. The summed E-state index contributed by atoms with van der Waals surface area (Å²) in [5.74, 6) is -0.344. The standard InChI is InChI=1S/C19H13ClF3NO3S2/c1-2-27-15-7-10(3-6-14(15)25)8-16-17(26)24(18(28)29-16)11-4-5-13(20)12(9-11)19(21,22)23/h3-9,25H,2H2,1H3/b16-8+. The van der Waals surface area contributed by atoms with Crippen LogP contribution in [0.2, 0.25) is 5.02 Å². The Balaban J connectivity index is 1.95. The number of amides is 1. The molecule has 1 saturated heterocycles. The normalized spacial score (nSPS) is 16.0. The average molecular weight is 460 g/mol. The zero-order valence-corrected chi connectivity index (χ0v) is 17.2. The van der Waals surface area contributed by atoms with Crippen LogP contribution in [0.25, 0.3) is 6.08 Å². The summed E-state index contributed by atoms with van der Waals surface area (Å²) >= 11 is 11.8. The summed E-state index contributed by atoms with van der Waals surface area (Å²) < 4.78 is 44.8. The predicted octanol–water partition coefficient (Wildman–Crippen LogP) is 5.87. The molecule has 0 unspecified atom stereocenters. The van der Waals surface area contributed by atoms with Crippen LogP contribution in [-0.2, 0) is 11.0 Å². The van der Waals surface area contributed by atoms with Crippen molar-refractivity contribution < 1.29 is 27.8 Å². The molecule has 1 heterocycles. The number of thioether (sulfide) groups is 1. The molecule has 1 amide bonds. The summed E-state index contributed by atoms with van der Waals surface area (Å²) in [5.41, 5.74) is -0.498. The zero-order chi connectivity index (χ0) is 21.3. The number of benzene rings is 2. The summed E-state index contributed by atoms with van der Waals surface area (Å²) in [6, 6.07) is 7.73. The fourth-order valence-corrected chi connectivity index (χ4v) is 4.13. The van der Waals surface area contributed by atoms with E-state index in [1.807, 2.05) is 0 Å². The van der Waals surface area contributed by atoms with Gasteiger partial charge in [-0.2, -0.15) is 13.2 Å². The van der Waals surface area contributed by atoms with E-state index in [1.165, 1.54) is 18.2 Å². The van der Waals surface area contributed by atoms with Crippen LogP contribution in [0.15, 0.2) is 41.3 Å². The highest BCUT2D eigenvalue weighted by atomic mass is 35.5. The van der Waals surface area contributed by atoms with Gasteiger partial charge in [-0.1, -0.05) is 41.6 Å². The van der Waals surface area contributed by atoms with Crippen molar-refractivity contribution in [2.24, 2.45) is 0 Å². The minimum Gasteiger partial charge on any atom is -0.504 e. The molecule has 1 fully saturated rings. The summed E-state index contributed by atoms with van der Waals surface area (Å²) in [5, 5.41) is 9.31. The van der Waals surface area contributed by atoms with Gasteiger partial charge in [0.25, 0.3) is 5.91 Å². The number of phenols is 1. The Morgan fingerprint density at radius 2 is 2.00 bits per heavy atom. The van der Waals surface area contributed by atoms with Gasteiger partial charge in [0, 0.05) is 0 Å². The van der Waals surface area contributed by atoms with E-state index < -0.39 is 22.7 Å². The van der Waals surface area contributed by atoms with E-state index in [0.29, 0.717) is 12.2 Å². The molecule has 10 heteroatoms. The number of hydrogen-bond donors (Lipinski definition) is 1. The molecule has 0 aromatic heterocycles. The number of phenolic OH excluding ortho intramolecular Hbond substituents is 1. The lowest BCUT2D eigenvalue weighted by atomic mass is 10.1. The number of halogens is 4. The average Bonchev–Trinajstić information content (AvgIpc) is 2.91. The third-order valence-corrected chi connectivity index (χ3v) is 5.52. The van der Waals surface area contributed by atoms with Crippen molar-refractivity contribution in [2.75, 3.05) is 11.5 Å². The maximum Gasteiger partial charge on any atom is 0.417 e. The van der Waals surface area contributed by atoms with Gasteiger partial charge in [0.2, 0.25) is 0 Å². The van der Waals surface area contributed by atoms with Gasteiger partial charge in [-0.25, -0.2) is 0 Å². The van der Waals surface area contributed by atoms with Gasteiger partial charge in [-0.05, 0) is 48.9 Å². The molecule has 3 rings (SSSR count). The van der Waals surface area contributed by atoms with E-state index >= 15 is 0 Å². The number of anilines is 1. The van der Waals surface area contributed by atoms with Crippen LogP contribution in [-0.4, -0.2) is 21.9 Å². The Morgan fingerprint density at radius 3 is 2.66 bits per heavy atom. The second-order valence-corrected chi connectivity index (χ2v) is 7.92. The van der Waals surface area contributed by atoms with Gasteiger partial charge in [-0.15, -0.1) is 0 Å². The van der Waals surface area contributed by atoms with E-state index in [1.54, 1.807) is 19.1 Å². The highest BCUT2D eigenvalue weighted by molar-refractivity contribution is 8.27. The van der Waals surface area contributed by atoms with Crippen LogP contribution < -0.4 is 9.64 Å². The third-order valence-electron chi connectivity index (χ3n) is 3.89. The number of carbonyl (C=O) groups is 1. The number of thiocarbonyl (C=S) groups is 1. The molecular formula is C19H13ClF3NO3S2. The Kier molecular flexibility index (Phi) is 6.11. The third kappa shape index (κ3) is 4.52. The highest BCUT2D eigenvalue weighted by Gasteiger charge is 2.37. The summed E-state index contributed by atoms with van der Waals surface area (Å²) in [4.78, 5) is 14.1. The van der Waals surface area contributed by atoms with Crippen molar-refractivity contribution in [2.45, 2.75) is 13.1 Å². The molecule has 2 aromatic carbocycles. The first-order valence-electron chi connectivity index (χ1n) is 8.22. The van der Waals surface area contributed by atoms with Crippen LogP contribution in [0.1, 0.15) is 18.1 Å². The number of alkyl halides is 3. The van der Waals surface area contributed by atoms with Crippen molar-refractivity contribution in [3.63, 3.8) is 0 Å². The molecule has 0 atom stereocenters. The SMILES string of the molecule is CCOc1cc(/C=C2/SC(=S)N(c3ccc(Cl)c(C(F)(F)F)c3)C2=O)ccc1O. The van der Waals surface area contributed by atoms with Crippen molar-refractivity contribution in [3.8, 4) is 11.5 Å². The topological polar surface area (TPSA) is 49.8 Å². The van der Waals surface area contributed by atoms with Crippen molar-refractivity contribution >= 4 is 57.6 Å². The number of ether oxygens (including phenoxy) is 1. The summed E-state index contributed by atoms with van der Waals surface area (Å²) in [6.45, 7) is 2.11. The first-order valence-corrected chi connectivity index (χ1v) is 9.82. The summed E-state index contributed by atoms with van der Waals surface area (Å²) in [6.07, 6.45) is -3.13. The molecular weight excluding hydrogens is 447 g/mol. The molecule has 1 N–H and O–H groups in total. The number of carbonyl (C=O) groups excluding carboxylic acids is 1. The molecule has 4 nitrogen and oxygen atoms in total. The van der Waals surface area contributed by atoms with E-state index in [-0.39, 0.29) is 26.4 Å². The van der Waals surface area contributed by atoms with E-state index in [2.05, 4.69) is 0 Å². The molecule has 0 aliphatic carbocycles. The predicted molar refractivity (Wildman–Crippen MR) is 111 cm³/mol. The first kappa shape index (κ1) is 21.5. The zero-order valence-electron chi connectivity index (χ0n) is 14.8. The second kappa shape index (κ2) is 8.25. The lowest BCUT2D eigenvalue weighted by Gasteiger charge is -2.17. The fourth-order valence-electron chi connectivity index (χ4n) is 2.60. The van der Waals surface area contributed by atoms with E-state index in [9.17, 15) is 23.1 Å². The number of nitrogens with zero attached hydrogens (tertiary/aromatic N) is 1. The first-order chi connectivity index (χ1) is 13.6. The minimum absolute atomic E-state index is 0.0201. The maximum atomic E-state index is 13.1. The van der Waals surface area contributed by atoms with Gasteiger partial charge in [0.15, 0.2) is 15.8 Å². The minimum atomic E-state index is -4.66.